The van der Waals surface area contributed by atoms with E-state index in [1.807, 2.05) is 38.4 Å². The smallest absolute Gasteiger partial charge is 0.230 e. The lowest BCUT2D eigenvalue weighted by Gasteiger charge is -2.09. The molecule has 6 heteroatoms. The van der Waals surface area contributed by atoms with E-state index < -0.39 is 0 Å². The van der Waals surface area contributed by atoms with Crippen molar-refractivity contribution in [1.29, 1.82) is 0 Å². The van der Waals surface area contributed by atoms with Gasteiger partial charge in [0, 0.05) is 17.3 Å². The van der Waals surface area contributed by atoms with Crippen LogP contribution < -0.4 is 5.32 Å². The fraction of sp³-hybridized carbons (Fsp3) is 0.400. The maximum absolute atomic E-state index is 11.8. The number of aromatic nitrogens is 2. The molecular weight excluding hydrogens is 284 g/mol. The number of carbonyl (C=O) groups is 1. The van der Waals surface area contributed by atoms with Gasteiger partial charge in [0.25, 0.3) is 0 Å². The van der Waals surface area contributed by atoms with Crippen LogP contribution in [0.4, 0.5) is 0 Å². The van der Waals surface area contributed by atoms with E-state index >= 15 is 0 Å². The summed E-state index contributed by atoms with van der Waals surface area (Å²) < 4.78 is 0. The largest absolute Gasteiger partial charge is 0.355 e. The second-order valence-corrected chi connectivity index (χ2v) is 6.00. The van der Waals surface area contributed by atoms with Crippen LogP contribution in [-0.4, -0.2) is 53.9 Å². The summed E-state index contributed by atoms with van der Waals surface area (Å²) in [6, 6.07) is 7.93. The van der Waals surface area contributed by atoms with Crippen LogP contribution in [0.5, 0.6) is 0 Å². The number of benzene rings is 1. The first-order chi connectivity index (χ1) is 10.2. The molecule has 5 nitrogen and oxygen atoms in total. The van der Waals surface area contributed by atoms with Crippen molar-refractivity contribution in [2.45, 2.75) is 11.4 Å². The molecule has 1 N–H and O–H groups in total. The summed E-state index contributed by atoms with van der Waals surface area (Å²) in [5.41, 5.74) is 0. The van der Waals surface area contributed by atoms with Crippen LogP contribution in [0.15, 0.2) is 35.5 Å². The van der Waals surface area contributed by atoms with Crippen molar-refractivity contribution in [3.8, 4) is 0 Å². The Morgan fingerprint density at radius 3 is 2.95 bits per heavy atom. The molecule has 21 heavy (non-hydrogen) atoms. The van der Waals surface area contributed by atoms with Crippen molar-refractivity contribution < 1.29 is 4.79 Å². The molecular formula is C15H20N4OS. The normalized spacial score (nSPS) is 11.0. The van der Waals surface area contributed by atoms with Gasteiger partial charge in [0.1, 0.15) is 5.03 Å². The first-order valence-corrected chi connectivity index (χ1v) is 7.90. The molecule has 2 rings (SSSR count). The van der Waals surface area contributed by atoms with Gasteiger partial charge >= 0.3 is 0 Å². The van der Waals surface area contributed by atoms with Gasteiger partial charge in [0.05, 0.1) is 11.9 Å². The Labute approximate surface area is 129 Å². The van der Waals surface area contributed by atoms with Gasteiger partial charge in [0.15, 0.2) is 0 Å². The summed E-state index contributed by atoms with van der Waals surface area (Å²) in [4.78, 5) is 13.9. The van der Waals surface area contributed by atoms with Crippen LogP contribution in [0.1, 0.15) is 6.42 Å². The fourth-order valence-electron chi connectivity index (χ4n) is 1.92. The highest BCUT2D eigenvalue weighted by molar-refractivity contribution is 8.00. The van der Waals surface area contributed by atoms with Crippen molar-refractivity contribution >= 4 is 28.4 Å². The Morgan fingerprint density at radius 2 is 2.14 bits per heavy atom. The molecule has 0 aliphatic carbocycles. The van der Waals surface area contributed by atoms with Gasteiger partial charge in [-0.3, -0.25) is 4.79 Å². The number of amides is 1. The molecule has 0 saturated carbocycles. The molecule has 1 heterocycles. The van der Waals surface area contributed by atoms with E-state index in [2.05, 4.69) is 20.4 Å². The van der Waals surface area contributed by atoms with Crippen molar-refractivity contribution in [2.75, 3.05) is 32.9 Å². The van der Waals surface area contributed by atoms with E-state index in [4.69, 9.17) is 0 Å². The Bertz CT molecular complexity index is 598. The lowest BCUT2D eigenvalue weighted by molar-refractivity contribution is -0.118. The number of hydrogen-bond acceptors (Lipinski definition) is 5. The second-order valence-electron chi connectivity index (χ2n) is 5.03. The van der Waals surface area contributed by atoms with Crippen LogP contribution in [0.2, 0.25) is 0 Å². The number of nitrogens with zero attached hydrogens (tertiary/aromatic N) is 3. The highest BCUT2D eigenvalue weighted by Crippen LogP contribution is 2.24. The van der Waals surface area contributed by atoms with Crippen LogP contribution in [0.3, 0.4) is 0 Å². The minimum Gasteiger partial charge on any atom is -0.355 e. The average Bonchev–Trinajstić information content (AvgIpc) is 2.49. The molecule has 0 aliphatic rings. The van der Waals surface area contributed by atoms with Crippen molar-refractivity contribution in [1.82, 2.24) is 20.4 Å². The van der Waals surface area contributed by atoms with E-state index in [-0.39, 0.29) is 5.91 Å². The highest BCUT2D eigenvalue weighted by atomic mass is 32.2. The average molecular weight is 304 g/mol. The Morgan fingerprint density at radius 1 is 1.33 bits per heavy atom. The van der Waals surface area contributed by atoms with Crippen LogP contribution in [0, 0.1) is 0 Å². The molecule has 0 aliphatic heterocycles. The third-order valence-electron chi connectivity index (χ3n) is 2.98. The van der Waals surface area contributed by atoms with Crippen molar-refractivity contribution in [3.05, 3.63) is 30.5 Å². The monoisotopic (exact) mass is 304 g/mol. The highest BCUT2D eigenvalue weighted by Gasteiger charge is 2.07. The third kappa shape index (κ3) is 4.99. The molecule has 0 fully saturated rings. The summed E-state index contributed by atoms with van der Waals surface area (Å²) in [5, 5.41) is 13.9. The predicted molar refractivity (Wildman–Crippen MR) is 86.4 cm³/mol. The molecule has 0 radical (unpaired) electrons. The number of carbonyl (C=O) groups excluding carboxylic acids is 1. The first kappa shape index (κ1) is 15.7. The summed E-state index contributed by atoms with van der Waals surface area (Å²) in [6.45, 7) is 1.68. The van der Waals surface area contributed by atoms with Crippen molar-refractivity contribution in [3.63, 3.8) is 0 Å². The minimum absolute atomic E-state index is 0.0356. The molecule has 1 aromatic heterocycles. The molecule has 0 spiro atoms. The topological polar surface area (TPSA) is 58.1 Å². The number of nitrogens with one attached hydrogen (secondary N) is 1. The number of rotatable bonds is 7. The maximum Gasteiger partial charge on any atom is 0.230 e. The van der Waals surface area contributed by atoms with Crippen LogP contribution in [0.25, 0.3) is 10.8 Å². The third-order valence-corrected chi connectivity index (χ3v) is 3.96. The minimum atomic E-state index is 0.0356. The van der Waals surface area contributed by atoms with Crippen molar-refractivity contribution in [2.24, 2.45) is 0 Å². The van der Waals surface area contributed by atoms with E-state index in [0.717, 1.165) is 28.8 Å². The molecule has 1 aromatic carbocycles. The molecule has 2 aromatic rings. The Hall–Kier alpha value is -1.66. The van der Waals surface area contributed by atoms with E-state index in [1.165, 1.54) is 11.8 Å². The molecule has 112 valence electrons. The van der Waals surface area contributed by atoms with Gasteiger partial charge in [0.2, 0.25) is 5.91 Å². The zero-order chi connectivity index (χ0) is 15.1. The molecule has 0 unspecified atom stereocenters. The summed E-state index contributed by atoms with van der Waals surface area (Å²) in [5.74, 6) is 0.401. The van der Waals surface area contributed by atoms with Gasteiger partial charge in [-0.25, -0.2) is 0 Å². The maximum atomic E-state index is 11.8. The van der Waals surface area contributed by atoms with Gasteiger partial charge in [-0.15, -0.1) is 5.10 Å². The second kappa shape index (κ2) is 7.95. The quantitative estimate of drug-likeness (QED) is 0.624. The summed E-state index contributed by atoms with van der Waals surface area (Å²) in [6.07, 6.45) is 2.69. The molecule has 0 atom stereocenters. The van der Waals surface area contributed by atoms with E-state index in [9.17, 15) is 4.79 Å². The van der Waals surface area contributed by atoms with E-state index in [1.54, 1.807) is 6.20 Å². The van der Waals surface area contributed by atoms with Gasteiger partial charge in [-0.1, -0.05) is 36.0 Å². The molecule has 0 saturated heterocycles. The van der Waals surface area contributed by atoms with Crippen LogP contribution >= 0.6 is 11.8 Å². The van der Waals surface area contributed by atoms with E-state index in [0.29, 0.717) is 12.3 Å². The zero-order valence-corrected chi connectivity index (χ0v) is 13.2. The zero-order valence-electron chi connectivity index (χ0n) is 12.4. The Balaban J connectivity index is 1.83. The Kier molecular flexibility index (Phi) is 5.95. The van der Waals surface area contributed by atoms with Gasteiger partial charge in [-0.2, -0.15) is 5.10 Å². The summed E-state index contributed by atoms with van der Waals surface area (Å²) >= 11 is 1.43. The SMILES string of the molecule is CN(C)CCCNC(=O)CSc1nncc2ccccc12. The van der Waals surface area contributed by atoms with Gasteiger partial charge < -0.3 is 10.2 Å². The van der Waals surface area contributed by atoms with Crippen LogP contribution in [-0.2, 0) is 4.79 Å². The molecule has 1 amide bonds. The lowest BCUT2D eigenvalue weighted by atomic mass is 10.2. The lowest BCUT2D eigenvalue weighted by Crippen LogP contribution is -2.28. The number of hydrogen-bond donors (Lipinski definition) is 1. The van der Waals surface area contributed by atoms with Gasteiger partial charge in [-0.05, 0) is 27.1 Å². The summed E-state index contributed by atoms with van der Waals surface area (Å²) in [7, 11) is 4.05. The number of fused-ring (bicyclic) bond motifs is 1. The fourth-order valence-corrected chi connectivity index (χ4v) is 2.73. The first-order valence-electron chi connectivity index (χ1n) is 6.91. The standard InChI is InChI=1S/C15H20N4OS/c1-19(2)9-5-8-16-14(20)11-21-15-13-7-4-3-6-12(13)10-17-18-15/h3-4,6-7,10H,5,8-9,11H2,1-2H3,(H,16,20). The molecule has 0 bridgehead atoms. The number of thioether (sulfide) groups is 1. The predicted octanol–water partition coefficient (Wildman–Crippen LogP) is 1.79.